The molecule has 0 bridgehead atoms. The fourth-order valence-corrected chi connectivity index (χ4v) is 2.11. The predicted molar refractivity (Wildman–Crippen MR) is 66.9 cm³/mol. The fraction of sp³-hybridized carbons (Fsp3) is 0.333. The summed E-state index contributed by atoms with van der Waals surface area (Å²) in [7, 11) is 0. The first kappa shape index (κ1) is 15.7. The molecule has 0 aliphatic carbocycles. The molecule has 9 heteroatoms. The zero-order chi connectivity index (χ0) is 15.8. The van der Waals surface area contributed by atoms with Crippen molar-refractivity contribution in [2.45, 2.75) is 25.3 Å². The summed E-state index contributed by atoms with van der Waals surface area (Å²) >= 11 is 3.03. The molecule has 1 unspecified atom stereocenters. The van der Waals surface area contributed by atoms with Crippen molar-refractivity contribution < 1.29 is 31.9 Å². The minimum Gasteiger partial charge on any atom is -0.412 e. The van der Waals surface area contributed by atoms with Crippen molar-refractivity contribution in [3.63, 3.8) is 0 Å². The molecule has 0 saturated carbocycles. The molecule has 0 radical (unpaired) electrons. The summed E-state index contributed by atoms with van der Waals surface area (Å²) in [6.07, 6.45) is -5.93. The number of hydrogen-bond acceptors (Lipinski definition) is 4. The van der Waals surface area contributed by atoms with Crippen LogP contribution in [0.15, 0.2) is 27.8 Å². The van der Waals surface area contributed by atoms with Crippen molar-refractivity contribution in [2.24, 2.45) is 5.16 Å². The van der Waals surface area contributed by atoms with Crippen LogP contribution in [-0.4, -0.2) is 23.6 Å². The Kier molecular flexibility index (Phi) is 3.96. The summed E-state index contributed by atoms with van der Waals surface area (Å²) in [6.45, 7) is 0.815. The molecule has 0 spiro atoms. The van der Waals surface area contributed by atoms with E-state index in [9.17, 15) is 22.4 Å². The molecule has 0 aromatic heterocycles. The zero-order valence-corrected chi connectivity index (χ0v) is 12.1. The quantitative estimate of drug-likeness (QED) is 0.591. The maximum absolute atomic E-state index is 13.8. The first-order valence-corrected chi connectivity index (χ1v) is 6.41. The summed E-state index contributed by atoms with van der Waals surface area (Å²) in [5, 5.41) is 3.23. The third-order valence-corrected chi connectivity index (χ3v) is 3.18. The third-order valence-electron chi connectivity index (χ3n) is 2.69. The summed E-state index contributed by atoms with van der Waals surface area (Å²) < 4.78 is 57.6. The highest BCUT2D eigenvalue weighted by molar-refractivity contribution is 9.10. The largest absolute Gasteiger partial charge is 0.470 e. The van der Waals surface area contributed by atoms with E-state index in [1.54, 1.807) is 0 Å². The molecular weight excluding hydrogens is 362 g/mol. The van der Waals surface area contributed by atoms with E-state index in [-0.39, 0.29) is 11.3 Å². The predicted octanol–water partition coefficient (Wildman–Crippen LogP) is 3.53. The second kappa shape index (κ2) is 5.28. The van der Waals surface area contributed by atoms with Crippen molar-refractivity contribution in [1.29, 1.82) is 0 Å². The van der Waals surface area contributed by atoms with E-state index < -0.39 is 30.2 Å². The van der Waals surface area contributed by atoms with Crippen LogP contribution in [-0.2, 0) is 14.4 Å². The van der Waals surface area contributed by atoms with E-state index in [0.29, 0.717) is 4.47 Å². The van der Waals surface area contributed by atoms with Gasteiger partial charge in [-0.2, -0.15) is 13.2 Å². The molecule has 2 rings (SSSR count). The molecule has 1 aromatic carbocycles. The minimum absolute atomic E-state index is 0.156. The Bertz CT molecular complexity index is 617. The number of rotatable bonds is 2. The van der Waals surface area contributed by atoms with Crippen LogP contribution in [0.1, 0.15) is 18.9 Å². The number of alkyl halides is 3. The lowest BCUT2D eigenvalue weighted by Crippen LogP contribution is -2.49. The highest BCUT2D eigenvalue weighted by Gasteiger charge is 2.64. The van der Waals surface area contributed by atoms with Crippen molar-refractivity contribution in [3.05, 3.63) is 34.1 Å². The normalized spacial score (nSPS) is 21.7. The summed E-state index contributed by atoms with van der Waals surface area (Å²) in [4.78, 5) is 15.2. The van der Waals surface area contributed by atoms with Crippen LogP contribution < -0.4 is 0 Å². The van der Waals surface area contributed by atoms with Crippen molar-refractivity contribution >= 4 is 27.6 Å². The standard InChI is InChI=1S/C12H8BrF4NO3/c1-6(19)20-11(12(15,16)17)5-10(18-21-11)8-3-2-7(13)4-9(8)14/h2-4H,5H2,1H3. The van der Waals surface area contributed by atoms with E-state index in [4.69, 9.17) is 0 Å². The average molecular weight is 370 g/mol. The van der Waals surface area contributed by atoms with Gasteiger partial charge in [-0.1, -0.05) is 21.1 Å². The number of carbonyl (C=O) groups excluding carboxylic acids is 1. The molecule has 4 nitrogen and oxygen atoms in total. The lowest BCUT2D eigenvalue weighted by molar-refractivity contribution is -0.357. The van der Waals surface area contributed by atoms with Crippen LogP contribution in [0.2, 0.25) is 0 Å². The Balaban J connectivity index is 2.33. The number of oxime groups is 1. The van der Waals surface area contributed by atoms with Gasteiger partial charge in [0.15, 0.2) is 0 Å². The summed E-state index contributed by atoms with van der Waals surface area (Å²) in [6, 6.07) is 3.78. The molecule has 0 saturated heterocycles. The van der Waals surface area contributed by atoms with Crippen molar-refractivity contribution in [2.75, 3.05) is 0 Å². The second-order valence-electron chi connectivity index (χ2n) is 4.27. The monoisotopic (exact) mass is 369 g/mol. The maximum atomic E-state index is 13.8. The van der Waals surface area contributed by atoms with Gasteiger partial charge in [0.05, 0.1) is 12.1 Å². The molecule has 1 heterocycles. The Morgan fingerprint density at radius 1 is 1.48 bits per heavy atom. The Morgan fingerprint density at radius 3 is 2.67 bits per heavy atom. The Hall–Kier alpha value is -1.64. The van der Waals surface area contributed by atoms with Crippen LogP contribution in [0.5, 0.6) is 0 Å². The average Bonchev–Trinajstić information content (AvgIpc) is 2.72. The van der Waals surface area contributed by atoms with Crippen molar-refractivity contribution in [3.8, 4) is 0 Å². The second-order valence-corrected chi connectivity index (χ2v) is 5.19. The van der Waals surface area contributed by atoms with Gasteiger partial charge in [0.25, 0.3) is 0 Å². The maximum Gasteiger partial charge on any atom is 0.470 e. The molecular formula is C12H8BrF4NO3. The molecule has 0 N–H and O–H groups in total. The number of esters is 1. The number of halogens is 5. The molecule has 0 fully saturated rings. The number of carbonyl (C=O) groups is 1. The van der Waals surface area contributed by atoms with Gasteiger partial charge in [-0.3, -0.25) is 4.79 Å². The van der Waals surface area contributed by atoms with Gasteiger partial charge in [-0.25, -0.2) is 4.39 Å². The van der Waals surface area contributed by atoms with Gasteiger partial charge in [0, 0.05) is 17.0 Å². The van der Waals surface area contributed by atoms with E-state index in [0.717, 1.165) is 13.0 Å². The minimum atomic E-state index is -5.00. The first-order valence-electron chi connectivity index (χ1n) is 5.61. The fourth-order valence-electron chi connectivity index (χ4n) is 1.78. The molecule has 0 amide bonds. The van der Waals surface area contributed by atoms with Crippen LogP contribution in [0.4, 0.5) is 17.6 Å². The van der Waals surface area contributed by atoms with E-state index in [1.165, 1.54) is 12.1 Å². The van der Waals surface area contributed by atoms with Crippen LogP contribution in [0.25, 0.3) is 0 Å². The third kappa shape index (κ3) is 3.02. The molecule has 114 valence electrons. The lowest BCUT2D eigenvalue weighted by Gasteiger charge is -2.27. The lowest BCUT2D eigenvalue weighted by atomic mass is 10.0. The SMILES string of the molecule is CC(=O)OC1(C(F)(F)F)CC(c2ccc(Br)cc2F)=NO1. The van der Waals surface area contributed by atoms with Crippen LogP contribution in [0.3, 0.4) is 0 Å². The molecule has 21 heavy (non-hydrogen) atoms. The van der Waals surface area contributed by atoms with Gasteiger partial charge in [-0.15, -0.1) is 0 Å². The number of ether oxygens (including phenoxy) is 1. The topological polar surface area (TPSA) is 47.9 Å². The number of nitrogens with zero attached hydrogens (tertiary/aromatic N) is 1. The number of benzene rings is 1. The van der Waals surface area contributed by atoms with Crippen molar-refractivity contribution in [1.82, 2.24) is 0 Å². The molecule has 1 aromatic rings. The Labute approximate surface area is 124 Å². The van der Waals surface area contributed by atoms with Crippen LogP contribution >= 0.6 is 15.9 Å². The zero-order valence-electron chi connectivity index (χ0n) is 10.5. The van der Waals surface area contributed by atoms with Gasteiger partial charge in [0.1, 0.15) is 5.82 Å². The molecule has 1 aliphatic heterocycles. The van der Waals surface area contributed by atoms with Gasteiger partial charge >= 0.3 is 17.9 Å². The van der Waals surface area contributed by atoms with Gasteiger partial charge < -0.3 is 9.57 Å². The summed E-state index contributed by atoms with van der Waals surface area (Å²) in [5.41, 5.74) is -0.449. The van der Waals surface area contributed by atoms with Gasteiger partial charge in [0.2, 0.25) is 0 Å². The van der Waals surface area contributed by atoms with Crippen LogP contribution in [0, 0.1) is 5.82 Å². The Morgan fingerprint density at radius 2 is 2.14 bits per heavy atom. The molecule has 1 aliphatic rings. The van der Waals surface area contributed by atoms with E-state index in [2.05, 4.69) is 30.7 Å². The van der Waals surface area contributed by atoms with E-state index in [1.807, 2.05) is 0 Å². The van der Waals surface area contributed by atoms with Gasteiger partial charge in [-0.05, 0) is 18.2 Å². The highest BCUT2D eigenvalue weighted by Crippen LogP contribution is 2.42. The molecule has 1 atom stereocenters. The summed E-state index contributed by atoms with van der Waals surface area (Å²) in [5.74, 6) is -5.17. The van der Waals surface area contributed by atoms with E-state index >= 15 is 0 Å². The first-order chi connectivity index (χ1) is 9.64. The highest BCUT2D eigenvalue weighted by atomic mass is 79.9. The smallest absolute Gasteiger partial charge is 0.412 e. The number of hydrogen-bond donors (Lipinski definition) is 0.